The summed E-state index contributed by atoms with van der Waals surface area (Å²) in [6, 6.07) is 13.5. The highest BCUT2D eigenvalue weighted by Gasteiger charge is 2.29. The molecule has 7 nitrogen and oxygen atoms in total. The lowest BCUT2D eigenvalue weighted by Crippen LogP contribution is -2.26. The van der Waals surface area contributed by atoms with Crippen LogP contribution in [0.2, 0.25) is 0 Å². The van der Waals surface area contributed by atoms with Gasteiger partial charge in [0.05, 0.1) is 18.4 Å². The molecule has 2 amide bonds. The summed E-state index contributed by atoms with van der Waals surface area (Å²) in [5, 5.41) is 5.43. The van der Waals surface area contributed by atoms with Crippen molar-refractivity contribution in [2.24, 2.45) is 5.10 Å². The first kappa shape index (κ1) is 23.6. The fraction of sp³-hybridized carbons (Fsp3) is 0.276. The van der Waals surface area contributed by atoms with Crippen LogP contribution in [0, 0.1) is 20.8 Å². The molecule has 184 valence electrons. The molecule has 2 aromatic carbocycles. The second kappa shape index (κ2) is 9.49. The van der Waals surface area contributed by atoms with Crippen LogP contribution in [-0.2, 0) is 17.6 Å². The van der Waals surface area contributed by atoms with Gasteiger partial charge >= 0.3 is 0 Å². The summed E-state index contributed by atoms with van der Waals surface area (Å²) in [6.07, 6.45) is 4.07. The number of rotatable bonds is 5. The largest absolute Gasteiger partial charge is 0.464 e. The van der Waals surface area contributed by atoms with E-state index in [0.29, 0.717) is 12.2 Å². The molecule has 0 saturated carbocycles. The van der Waals surface area contributed by atoms with Gasteiger partial charge in [-0.1, -0.05) is 24.3 Å². The quantitative estimate of drug-likeness (QED) is 0.373. The number of carbonyl (C=O) groups excluding carboxylic acids is 2. The minimum atomic E-state index is -0.224. The average Bonchev–Trinajstić information content (AvgIpc) is 3.43. The molecule has 2 heterocycles. The Morgan fingerprint density at radius 1 is 1.08 bits per heavy atom. The van der Waals surface area contributed by atoms with Crippen LogP contribution in [0.25, 0.3) is 11.0 Å². The molecule has 0 bridgehead atoms. The van der Waals surface area contributed by atoms with Gasteiger partial charge in [0.15, 0.2) is 5.76 Å². The predicted octanol–water partition coefficient (Wildman–Crippen LogP) is 5.63. The Hall–Kier alpha value is -4.13. The third kappa shape index (κ3) is 4.33. The SMILES string of the molecule is Cc1cc(C)c2c(CC(=O)N/N=C3\CCCc4oc(C(=O)N(C)c5ccccc5)c(C)c43)coc2c1. The molecule has 0 unspecified atom stereocenters. The zero-order valence-corrected chi connectivity index (χ0v) is 21.0. The number of anilines is 1. The number of aryl methyl sites for hydroxylation is 3. The van der Waals surface area contributed by atoms with E-state index in [9.17, 15) is 9.59 Å². The van der Waals surface area contributed by atoms with Gasteiger partial charge in [0.2, 0.25) is 5.91 Å². The molecule has 36 heavy (non-hydrogen) atoms. The Kier molecular flexibility index (Phi) is 6.22. The Balaban J connectivity index is 1.36. The smallest absolute Gasteiger partial charge is 0.294 e. The van der Waals surface area contributed by atoms with Gasteiger partial charge in [-0.25, -0.2) is 5.43 Å². The third-order valence-electron chi connectivity index (χ3n) is 6.73. The summed E-state index contributed by atoms with van der Waals surface area (Å²) in [5.74, 6) is 0.610. The van der Waals surface area contributed by atoms with E-state index in [-0.39, 0.29) is 18.2 Å². The van der Waals surface area contributed by atoms with Crippen molar-refractivity contribution in [3.05, 3.63) is 88.1 Å². The standard InChI is InChI=1S/C29H29N3O4/c1-17-13-18(2)26-20(16-35-24(26)14-17)15-25(33)31-30-22-11-8-12-23-27(22)19(3)28(36-23)29(34)32(4)21-9-6-5-7-10-21/h5-7,9-10,13-14,16H,8,11-12,15H2,1-4H3,(H,31,33)/b30-22+. The summed E-state index contributed by atoms with van der Waals surface area (Å²) in [6.45, 7) is 5.91. The molecule has 0 radical (unpaired) electrons. The van der Waals surface area contributed by atoms with Crippen molar-refractivity contribution in [3.63, 3.8) is 0 Å². The first-order chi connectivity index (χ1) is 17.3. The third-order valence-corrected chi connectivity index (χ3v) is 6.73. The zero-order valence-electron chi connectivity index (χ0n) is 21.0. The highest BCUT2D eigenvalue weighted by atomic mass is 16.4. The maximum Gasteiger partial charge on any atom is 0.294 e. The number of amides is 2. The second-order valence-corrected chi connectivity index (χ2v) is 9.39. The fourth-order valence-corrected chi connectivity index (χ4v) is 5.00. The van der Waals surface area contributed by atoms with E-state index >= 15 is 0 Å². The van der Waals surface area contributed by atoms with Gasteiger partial charge in [-0.05, 0) is 62.9 Å². The van der Waals surface area contributed by atoms with Crippen LogP contribution in [0.5, 0.6) is 0 Å². The molecule has 7 heteroatoms. The van der Waals surface area contributed by atoms with E-state index < -0.39 is 0 Å². The minimum Gasteiger partial charge on any atom is -0.464 e. The van der Waals surface area contributed by atoms with E-state index in [0.717, 1.165) is 68.8 Å². The minimum absolute atomic E-state index is 0.163. The van der Waals surface area contributed by atoms with Gasteiger partial charge in [0, 0.05) is 41.2 Å². The van der Waals surface area contributed by atoms with Gasteiger partial charge in [-0.2, -0.15) is 5.10 Å². The molecule has 4 aromatic rings. The Morgan fingerprint density at radius 2 is 1.86 bits per heavy atom. The number of carbonyl (C=O) groups is 2. The molecule has 0 fully saturated rings. The molecular weight excluding hydrogens is 454 g/mol. The summed E-state index contributed by atoms with van der Waals surface area (Å²) in [5.41, 5.74) is 9.62. The average molecular weight is 484 g/mol. The molecule has 2 aromatic heterocycles. The summed E-state index contributed by atoms with van der Waals surface area (Å²) in [7, 11) is 1.73. The van der Waals surface area contributed by atoms with Gasteiger partial charge in [0.1, 0.15) is 11.3 Å². The fourth-order valence-electron chi connectivity index (χ4n) is 5.00. The summed E-state index contributed by atoms with van der Waals surface area (Å²) < 4.78 is 11.7. The molecule has 0 saturated heterocycles. The molecule has 0 aliphatic heterocycles. The van der Waals surface area contributed by atoms with E-state index in [4.69, 9.17) is 8.83 Å². The maximum atomic E-state index is 13.2. The van der Waals surface area contributed by atoms with Crippen LogP contribution >= 0.6 is 0 Å². The highest BCUT2D eigenvalue weighted by Crippen LogP contribution is 2.31. The normalized spacial score (nSPS) is 14.2. The number of hydrogen-bond donors (Lipinski definition) is 1. The molecule has 0 spiro atoms. The number of fused-ring (bicyclic) bond motifs is 2. The van der Waals surface area contributed by atoms with Gasteiger partial charge in [-0.3, -0.25) is 9.59 Å². The zero-order chi connectivity index (χ0) is 25.4. The number of hydrogen-bond acceptors (Lipinski definition) is 5. The molecular formula is C29H29N3O4. The van der Waals surface area contributed by atoms with E-state index in [1.54, 1.807) is 18.2 Å². The predicted molar refractivity (Wildman–Crippen MR) is 140 cm³/mol. The Bertz CT molecular complexity index is 1490. The number of nitrogens with one attached hydrogen (secondary N) is 1. The van der Waals surface area contributed by atoms with Gasteiger partial charge in [0.25, 0.3) is 5.91 Å². The lowest BCUT2D eigenvalue weighted by molar-refractivity contribution is -0.120. The van der Waals surface area contributed by atoms with Crippen molar-refractivity contribution in [1.29, 1.82) is 0 Å². The van der Waals surface area contributed by atoms with Crippen molar-refractivity contribution in [2.75, 3.05) is 11.9 Å². The van der Waals surface area contributed by atoms with Crippen LogP contribution in [0.1, 0.15) is 57.0 Å². The molecule has 0 atom stereocenters. The Morgan fingerprint density at radius 3 is 2.64 bits per heavy atom. The lowest BCUT2D eigenvalue weighted by atomic mass is 9.93. The first-order valence-corrected chi connectivity index (χ1v) is 12.1. The van der Waals surface area contributed by atoms with E-state index in [1.807, 2.05) is 57.2 Å². The van der Waals surface area contributed by atoms with Crippen molar-refractivity contribution in [3.8, 4) is 0 Å². The topological polar surface area (TPSA) is 88.0 Å². The van der Waals surface area contributed by atoms with Crippen LogP contribution in [0.4, 0.5) is 5.69 Å². The highest BCUT2D eigenvalue weighted by molar-refractivity contribution is 6.10. The summed E-state index contributed by atoms with van der Waals surface area (Å²) in [4.78, 5) is 27.6. The van der Waals surface area contributed by atoms with Crippen LogP contribution < -0.4 is 10.3 Å². The van der Waals surface area contributed by atoms with Gasteiger partial charge < -0.3 is 13.7 Å². The molecule has 1 aliphatic rings. The maximum absolute atomic E-state index is 13.2. The van der Waals surface area contributed by atoms with Crippen molar-refractivity contribution >= 4 is 34.2 Å². The van der Waals surface area contributed by atoms with Crippen molar-refractivity contribution in [2.45, 2.75) is 46.5 Å². The van der Waals surface area contributed by atoms with Crippen molar-refractivity contribution < 1.29 is 18.4 Å². The van der Waals surface area contributed by atoms with Crippen LogP contribution in [0.3, 0.4) is 0 Å². The lowest BCUT2D eigenvalue weighted by Gasteiger charge is -2.16. The Labute approximate surface area is 209 Å². The number of furan rings is 2. The first-order valence-electron chi connectivity index (χ1n) is 12.1. The van der Waals surface area contributed by atoms with Gasteiger partial charge in [-0.15, -0.1) is 0 Å². The summed E-state index contributed by atoms with van der Waals surface area (Å²) >= 11 is 0. The molecule has 1 N–H and O–H groups in total. The molecule has 1 aliphatic carbocycles. The van der Waals surface area contributed by atoms with Crippen molar-refractivity contribution in [1.82, 2.24) is 5.43 Å². The van der Waals surface area contributed by atoms with E-state index in [1.165, 1.54) is 0 Å². The van der Waals surface area contributed by atoms with E-state index in [2.05, 4.69) is 16.6 Å². The molecule has 5 rings (SSSR count). The monoisotopic (exact) mass is 483 g/mol. The number of nitrogens with zero attached hydrogens (tertiary/aromatic N) is 2. The number of hydrazone groups is 1. The van der Waals surface area contributed by atoms with Crippen LogP contribution in [-0.4, -0.2) is 24.6 Å². The number of benzene rings is 2. The second-order valence-electron chi connectivity index (χ2n) is 9.39. The number of para-hydroxylation sites is 1. The van der Waals surface area contributed by atoms with Crippen LogP contribution in [0.15, 0.2) is 62.7 Å².